The summed E-state index contributed by atoms with van der Waals surface area (Å²) in [5.74, 6) is 0. The second kappa shape index (κ2) is 2.75. The van der Waals surface area contributed by atoms with E-state index in [2.05, 4.69) is 44.3 Å². The predicted molar refractivity (Wildman–Crippen MR) is 49.8 cm³/mol. The van der Waals surface area contributed by atoms with Gasteiger partial charge in [0.2, 0.25) is 0 Å². The highest BCUT2D eigenvalue weighted by Crippen LogP contribution is 2.34. The molecule has 0 radical (unpaired) electrons. The summed E-state index contributed by atoms with van der Waals surface area (Å²) in [6.07, 6.45) is 5.71. The molecule has 0 atom stereocenters. The molecule has 0 aliphatic carbocycles. The lowest BCUT2D eigenvalue weighted by molar-refractivity contribution is 0.640. The van der Waals surface area contributed by atoms with Crippen LogP contribution in [-0.2, 0) is 0 Å². The van der Waals surface area contributed by atoms with E-state index in [1.165, 1.54) is 6.42 Å². The second-order valence-electron chi connectivity index (χ2n) is 3.64. The third-order valence-electron chi connectivity index (χ3n) is 2.56. The summed E-state index contributed by atoms with van der Waals surface area (Å²) in [5.41, 5.74) is 4.84. The van der Waals surface area contributed by atoms with Gasteiger partial charge < -0.3 is 0 Å². The summed E-state index contributed by atoms with van der Waals surface area (Å²) in [5, 5.41) is 0.587. The first-order chi connectivity index (χ1) is 4.67. The zero-order valence-electron chi connectivity index (χ0n) is 7.09. The molecule has 1 aliphatic heterocycles. The molecule has 0 aromatic carbocycles. The molecule has 0 fully saturated rings. The molecule has 10 heavy (non-hydrogen) atoms. The SMILES string of the molecule is CCC(C)(C)[SiH]1C=CC=C1. The van der Waals surface area contributed by atoms with E-state index in [4.69, 9.17) is 0 Å². The third kappa shape index (κ3) is 1.40. The van der Waals surface area contributed by atoms with Crippen molar-refractivity contribution in [1.29, 1.82) is 0 Å². The van der Waals surface area contributed by atoms with Gasteiger partial charge in [0.05, 0.1) is 8.80 Å². The highest BCUT2D eigenvalue weighted by Gasteiger charge is 2.25. The Labute approximate surface area is 65.3 Å². The lowest BCUT2D eigenvalue weighted by Gasteiger charge is -2.26. The Morgan fingerprint density at radius 3 is 2.10 bits per heavy atom. The third-order valence-corrected chi connectivity index (χ3v) is 6.05. The van der Waals surface area contributed by atoms with Crippen molar-refractivity contribution in [3.63, 3.8) is 0 Å². The van der Waals surface area contributed by atoms with Gasteiger partial charge in [0.1, 0.15) is 0 Å². The molecule has 0 N–H and O–H groups in total. The highest BCUT2D eigenvalue weighted by atomic mass is 28.3. The minimum Gasteiger partial charge on any atom is -0.0930 e. The van der Waals surface area contributed by atoms with Crippen LogP contribution in [0.3, 0.4) is 0 Å². The first-order valence-electron chi connectivity index (χ1n) is 4.02. The molecule has 0 aromatic rings. The number of rotatable bonds is 2. The summed E-state index contributed by atoms with van der Waals surface area (Å²) in [6.45, 7) is 7.04. The fourth-order valence-electron chi connectivity index (χ4n) is 1.19. The van der Waals surface area contributed by atoms with Gasteiger partial charge in [0, 0.05) is 0 Å². The molecule has 0 saturated carbocycles. The largest absolute Gasteiger partial charge is 0.0930 e. The molecule has 0 saturated heterocycles. The number of allylic oxidation sites excluding steroid dienone is 2. The van der Waals surface area contributed by atoms with Crippen molar-refractivity contribution in [2.24, 2.45) is 0 Å². The van der Waals surface area contributed by atoms with E-state index >= 15 is 0 Å². The Morgan fingerprint density at radius 2 is 1.70 bits per heavy atom. The van der Waals surface area contributed by atoms with Gasteiger partial charge in [-0.1, -0.05) is 50.7 Å². The van der Waals surface area contributed by atoms with Crippen molar-refractivity contribution >= 4 is 8.80 Å². The van der Waals surface area contributed by atoms with Gasteiger partial charge in [-0.15, -0.1) is 0 Å². The Morgan fingerprint density at radius 1 is 1.20 bits per heavy atom. The minimum atomic E-state index is -0.651. The topological polar surface area (TPSA) is 0 Å². The molecule has 1 heteroatoms. The van der Waals surface area contributed by atoms with E-state index in [1.807, 2.05) is 0 Å². The molecule has 0 spiro atoms. The average Bonchev–Trinajstić information content (AvgIpc) is 2.38. The van der Waals surface area contributed by atoms with E-state index in [1.54, 1.807) is 0 Å². The molecular weight excluding hydrogens is 136 g/mol. The Bertz CT molecular complexity index is 154. The Hall–Kier alpha value is -0.303. The molecule has 0 bridgehead atoms. The van der Waals surface area contributed by atoms with Gasteiger partial charge in [-0.05, 0) is 5.04 Å². The predicted octanol–water partition coefficient (Wildman–Crippen LogP) is 2.61. The van der Waals surface area contributed by atoms with E-state index < -0.39 is 8.80 Å². The highest BCUT2D eigenvalue weighted by molar-refractivity contribution is 6.73. The summed E-state index contributed by atoms with van der Waals surface area (Å²) in [4.78, 5) is 0. The van der Waals surface area contributed by atoms with Gasteiger partial charge in [0.25, 0.3) is 0 Å². The molecule has 1 aliphatic rings. The smallest absolute Gasteiger partial charge is 0.0907 e. The molecule has 1 heterocycles. The summed E-state index contributed by atoms with van der Waals surface area (Å²) >= 11 is 0. The minimum absolute atomic E-state index is 0.587. The zero-order chi connectivity index (χ0) is 7.61. The van der Waals surface area contributed by atoms with Crippen LogP contribution in [-0.4, -0.2) is 8.80 Å². The molecule has 0 amide bonds. The second-order valence-corrected chi connectivity index (χ2v) is 7.02. The number of hydrogen-bond donors (Lipinski definition) is 0. The summed E-state index contributed by atoms with van der Waals surface area (Å²) in [6, 6.07) is 0. The molecule has 0 aromatic heterocycles. The maximum absolute atomic E-state index is 2.42. The van der Waals surface area contributed by atoms with Crippen LogP contribution in [0.4, 0.5) is 0 Å². The standard InChI is InChI=1S/C9H16Si/c1-4-9(2,3)10-7-5-6-8-10/h5-8,10H,4H2,1-3H3. The van der Waals surface area contributed by atoms with Gasteiger partial charge in [-0.2, -0.15) is 0 Å². The lowest BCUT2D eigenvalue weighted by Crippen LogP contribution is -2.22. The van der Waals surface area contributed by atoms with Gasteiger partial charge in [-0.3, -0.25) is 0 Å². The van der Waals surface area contributed by atoms with Crippen LogP contribution in [0.2, 0.25) is 5.04 Å². The van der Waals surface area contributed by atoms with E-state index in [-0.39, 0.29) is 0 Å². The molecule has 56 valence electrons. The monoisotopic (exact) mass is 152 g/mol. The van der Waals surface area contributed by atoms with Crippen molar-refractivity contribution in [1.82, 2.24) is 0 Å². The molecule has 1 rings (SSSR count). The van der Waals surface area contributed by atoms with Crippen molar-refractivity contribution in [3.05, 3.63) is 23.6 Å². The Kier molecular flexibility index (Phi) is 2.14. The molecule has 0 nitrogen and oxygen atoms in total. The van der Waals surface area contributed by atoms with E-state index in [0.29, 0.717) is 5.04 Å². The van der Waals surface area contributed by atoms with Crippen molar-refractivity contribution in [2.75, 3.05) is 0 Å². The Balaban J connectivity index is 2.64. The fraction of sp³-hybridized carbons (Fsp3) is 0.556. The van der Waals surface area contributed by atoms with Crippen molar-refractivity contribution < 1.29 is 0 Å². The maximum atomic E-state index is 2.42. The fourth-order valence-corrected chi connectivity index (χ4v) is 3.57. The van der Waals surface area contributed by atoms with Crippen molar-refractivity contribution in [3.8, 4) is 0 Å². The zero-order valence-corrected chi connectivity index (χ0v) is 8.25. The van der Waals surface area contributed by atoms with Gasteiger partial charge >= 0.3 is 0 Å². The van der Waals surface area contributed by atoms with E-state index in [9.17, 15) is 0 Å². The normalized spacial score (nSPS) is 18.7. The lowest BCUT2D eigenvalue weighted by atomic mass is 10.1. The summed E-state index contributed by atoms with van der Waals surface area (Å²) in [7, 11) is -0.651. The van der Waals surface area contributed by atoms with Crippen LogP contribution < -0.4 is 0 Å². The van der Waals surface area contributed by atoms with E-state index in [0.717, 1.165) is 0 Å². The quantitative estimate of drug-likeness (QED) is 0.534. The number of hydrogen-bond acceptors (Lipinski definition) is 0. The summed E-state index contributed by atoms with van der Waals surface area (Å²) < 4.78 is 0. The van der Waals surface area contributed by atoms with Crippen LogP contribution >= 0.6 is 0 Å². The first kappa shape index (κ1) is 7.80. The van der Waals surface area contributed by atoms with Crippen LogP contribution in [0.5, 0.6) is 0 Å². The van der Waals surface area contributed by atoms with Crippen LogP contribution in [0.1, 0.15) is 27.2 Å². The van der Waals surface area contributed by atoms with Gasteiger partial charge in [-0.25, -0.2) is 0 Å². The maximum Gasteiger partial charge on any atom is 0.0907 e. The first-order valence-corrected chi connectivity index (χ1v) is 5.93. The van der Waals surface area contributed by atoms with Crippen LogP contribution in [0.25, 0.3) is 0 Å². The van der Waals surface area contributed by atoms with Crippen LogP contribution in [0, 0.1) is 0 Å². The van der Waals surface area contributed by atoms with Crippen LogP contribution in [0.15, 0.2) is 23.6 Å². The van der Waals surface area contributed by atoms with Crippen molar-refractivity contribution in [2.45, 2.75) is 32.2 Å². The molecule has 0 unspecified atom stereocenters. The average molecular weight is 152 g/mol. The molecular formula is C9H16Si. The van der Waals surface area contributed by atoms with Gasteiger partial charge in [0.15, 0.2) is 0 Å².